The molecule has 3 aromatic rings. The Balaban J connectivity index is 1.88. The Labute approximate surface area is 188 Å². The first-order valence-corrected chi connectivity index (χ1v) is 10.1. The smallest absolute Gasteiger partial charge is 0.406 e. The quantitative estimate of drug-likeness (QED) is 0.499. The predicted molar refractivity (Wildman–Crippen MR) is 116 cm³/mol. The van der Waals surface area contributed by atoms with Gasteiger partial charge in [-0.25, -0.2) is 15.0 Å². The highest BCUT2D eigenvalue weighted by molar-refractivity contribution is 6.05. The fourth-order valence-electron chi connectivity index (χ4n) is 3.14. The van der Waals surface area contributed by atoms with Crippen molar-refractivity contribution in [3.8, 4) is 16.9 Å². The van der Waals surface area contributed by atoms with Crippen molar-refractivity contribution < 1.29 is 27.8 Å². The monoisotopic (exact) mass is 461 g/mol. The minimum atomic E-state index is -4.79. The number of alkyl halides is 3. The Morgan fingerprint density at radius 1 is 1.12 bits per heavy atom. The number of amides is 1. The third-order valence-electron chi connectivity index (χ3n) is 4.51. The van der Waals surface area contributed by atoms with E-state index in [2.05, 4.69) is 25.0 Å². The Morgan fingerprint density at radius 2 is 1.82 bits per heavy atom. The van der Waals surface area contributed by atoms with Gasteiger partial charge in [-0.05, 0) is 36.8 Å². The largest absolute Gasteiger partial charge is 0.573 e. The number of rotatable bonds is 9. The molecule has 0 spiro atoms. The Morgan fingerprint density at radius 3 is 2.42 bits per heavy atom. The highest BCUT2D eigenvalue weighted by atomic mass is 19.4. The first-order valence-electron chi connectivity index (χ1n) is 10.1. The Kier molecular flexibility index (Phi) is 7.78. The molecule has 0 aliphatic rings. The van der Waals surface area contributed by atoms with Gasteiger partial charge in [-0.1, -0.05) is 6.92 Å². The maximum Gasteiger partial charge on any atom is 0.573 e. The van der Waals surface area contributed by atoms with Crippen molar-refractivity contribution in [1.82, 2.24) is 15.0 Å². The van der Waals surface area contributed by atoms with Crippen LogP contribution in [0.25, 0.3) is 11.1 Å². The highest BCUT2D eigenvalue weighted by Gasteiger charge is 2.31. The van der Waals surface area contributed by atoms with Crippen LogP contribution in [0.15, 0.2) is 55.2 Å². The molecule has 0 aliphatic heterocycles. The van der Waals surface area contributed by atoms with Crippen molar-refractivity contribution >= 4 is 17.4 Å². The van der Waals surface area contributed by atoms with E-state index < -0.39 is 18.0 Å². The van der Waals surface area contributed by atoms with E-state index in [4.69, 9.17) is 0 Å². The van der Waals surface area contributed by atoms with Gasteiger partial charge in [0, 0.05) is 48.5 Å². The minimum absolute atomic E-state index is 0.0668. The van der Waals surface area contributed by atoms with Gasteiger partial charge >= 0.3 is 6.36 Å². The minimum Gasteiger partial charge on any atom is -0.406 e. The maximum atomic E-state index is 12.8. The van der Waals surface area contributed by atoms with Crippen LogP contribution in [0.2, 0.25) is 0 Å². The molecular formula is C22H22F3N5O3. The van der Waals surface area contributed by atoms with E-state index in [9.17, 15) is 23.1 Å². The van der Waals surface area contributed by atoms with Gasteiger partial charge in [-0.2, -0.15) is 0 Å². The number of aliphatic hydroxyl groups excluding tert-OH is 1. The first-order chi connectivity index (χ1) is 15.8. The molecule has 33 heavy (non-hydrogen) atoms. The number of ether oxygens (including phenoxy) is 1. The SMILES string of the molecule is CCCN(CCO)c1ncc(C(=O)Nc2ccc(OC(F)(F)F)cc2)cc1-c1cncnc1. The van der Waals surface area contributed by atoms with Crippen LogP contribution in [0, 0.1) is 0 Å². The summed E-state index contributed by atoms with van der Waals surface area (Å²) in [5, 5.41) is 12.1. The fraction of sp³-hybridized carbons (Fsp3) is 0.273. The average molecular weight is 461 g/mol. The number of pyridine rings is 1. The summed E-state index contributed by atoms with van der Waals surface area (Å²) >= 11 is 0. The lowest BCUT2D eigenvalue weighted by Crippen LogP contribution is -2.29. The van der Waals surface area contributed by atoms with Crippen molar-refractivity contribution in [2.24, 2.45) is 0 Å². The zero-order valence-corrected chi connectivity index (χ0v) is 17.7. The molecule has 0 saturated heterocycles. The van der Waals surface area contributed by atoms with Crippen molar-refractivity contribution in [3.63, 3.8) is 0 Å². The number of aromatic nitrogens is 3. The second-order valence-corrected chi connectivity index (χ2v) is 6.96. The van der Waals surface area contributed by atoms with Crippen LogP contribution in [0.3, 0.4) is 0 Å². The summed E-state index contributed by atoms with van der Waals surface area (Å²) in [5.41, 5.74) is 1.77. The van der Waals surface area contributed by atoms with Gasteiger partial charge in [-0.3, -0.25) is 4.79 Å². The van der Waals surface area contributed by atoms with Crippen molar-refractivity contribution in [3.05, 3.63) is 60.8 Å². The molecule has 2 N–H and O–H groups in total. The van der Waals surface area contributed by atoms with Crippen LogP contribution in [-0.2, 0) is 0 Å². The van der Waals surface area contributed by atoms with E-state index in [-0.39, 0.29) is 17.9 Å². The molecule has 0 radical (unpaired) electrons. The molecule has 1 amide bonds. The molecular weight excluding hydrogens is 439 g/mol. The molecule has 0 fully saturated rings. The van der Waals surface area contributed by atoms with E-state index in [1.807, 2.05) is 11.8 Å². The molecule has 0 saturated carbocycles. The number of hydrogen-bond donors (Lipinski definition) is 2. The molecule has 8 nitrogen and oxygen atoms in total. The summed E-state index contributed by atoms with van der Waals surface area (Å²) in [6.45, 7) is 2.94. The highest BCUT2D eigenvalue weighted by Crippen LogP contribution is 2.30. The molecule has 2 aromatic heterocycles. The number of benzene rings is 1. The van der Waals surface area contributed by atoms with Crippen molar-refractivity contribution in [1.29, 1.82) is 0 Å². The Hall–Kier alpha value is -3.73. The molecule has 0 bridgehead atoms. The Bertz CT molecular complexity index is 1060. The van der Waals surface area contributed by atoms with E-state index >= 15 is 0 Å². The number of aliphatic hydroxyl groups is 1. The lowest BCUT2D eigenvalue weighted by atomic mass is 10.1. The standard InChI is InChI=1S/C22H22F3N5O3/c1-2-7-30(8-9-31)20-19(16-11-26-14-27-12-16)10-15(13-28-20)21(32)29-17-3-5-18(6-4-17)33-22(23,24)25/h3-6,10-14,31H,2,7-9H2,1H3,(H,29,32). The van der Waals surface area contributed by atoms with Crippen LogP contribution in [-0.4, -0.2) is 52.0 Å². The number of anilines is 2. The second kappa shape index (κ2) is 10.7. The fourth-order valence-corrected chi connectivity index (χ4v) is 3.14. The molecule has 2 heterocycles. The van der Waals surface area contributed by atoms with Crippen LogP contribution >= 0.6 is 0 Å². The number of hydrogen-bond acceptors (Lipinski definition) is 7. The van der Waals surface area contributed by atoms with Gasteiger partial charge < -0.3 is 20.1 Å². The number of carbonyl (C=O) groups excluding carboxylic acids is 1. The van der Waals surface area contributed by atoms with Gasteiger partial charge in [0.1, 0.15) is 17.9 Å². The summed E-state index contributed by atoms with van der Waals surface area (Å²) in [5.74, 6) is -0.315. The number of halogens is 3. The van der Waals surface area contributed by atoms with Gasteiger partial charge in [0.05, 0.1) is 12.2 Å². The van der Waals surface area contributed by atoms with Gasteiger partial charge in [0.2, 0.25) is 0 Å². The first kappa shape index (κ1) is 23.9. The van der Waals surface area contributed by atoms with E-state index in [1.54, 1.807) is 18.5 Å². The molecule has 0 unspecified atom stereocenters. The molecule has 3 rings (SSSR count). The molecule has 0 atom stereocenters. The number of carbonyl (C=O) groups is 1. The summed E-state index contributed by atoms with van der Waals surface area (Å²) in [6.07, 6.45) is 2.01. The van der Waals surface area contributed by atoms with E-state index in [1.165, 1.54) is 24.7 Å². The lowest BCUT2D eigenvalue weighted by Gasteiger charge is -2.25. The lowest BCUT2D eigenvalue weighted by molar-refractivity contribution is -0.274. The predicted octanol–water partition coefficient (Wildman–Crippen LogP) is 3.90. The van der Waals surface area contributed by atoms with Crippen LogP contribution < -0.4 is 15.0 Å². The van der Waals surface area contributed by atoms with Gasteiger partial charge in [-0.15, -0.1) is 13.2 Å². The third-order valence-corrected chi connectivity index (χ3v) is 4.51. The third kappa shape index (κ3) is 6.62. The van der Waals surface area contributed by atoms with E-state index in [0.29, 0.717) is 30.0 Å². The van der Waals surface area contributed by atoms with Gasteiger partial charge in [0.15, 0.2) is 0 Å². The zero-order chi connectivity index (χ0) is 23.8. The second-order valence-electron chi connectivity index (χ2n) is 6.96. The number of nitrogens with zero attached hydrogens (tertiary/aromatic N) is 4. The van der Waals surface area contributed by atoms with Crippen molar-refractivity contribution in [2.75, 3.05) is 29.9 Å². The maximum absolute atomic E-state index is 12.8. The molecule has 0 aliphatic carbocycles. The molecule has 174 valence electrons. The molecule has 11 heteroatoms. The average Bonchev–Trinajstić information content (AvgIpc) is 2.79. The topological polar surface area (TPSA) is 100 Å². The number of nitrogens with one attached hydrogen (secondary N) is 1. The summed E-state index contributed by atoms with van der Waals surface area (Å²) in [6, 6.07) is 6.45. The van der Waals surface area contributed by atoms with Crippen LogP contribution in [0.4, 0.5) is 24.7 Å². The van der Waals surface area contributed by atoms with Gasteiger partial charge in [0.25, 0.3) is 5.91 Å². The summed E-state index contributed by atoms with van der Waals surface area (Å²) in [7, 11) is 0. The van der Waals surface area contributed by atoms with Crippen LogP contribution in [0.5, 0.6) is 5.75 Å². The zero-order valence-electron chi connectivity index (χ0n) is 17.7. The van der Waals surface area contributed by atoms with Crippen molar-refractivity contribution in [2.45, 2.75) is 19.7 Å². The molecule has 1 aromatic carbocycles. The summed E-state index contributed by atoms with van der Waals surface area (Å²) < 4.78 is 40.8. The van der Waals surface area contributed by atoms with Crippen LogP contribution in [0.1, 0.15) is 23.7 Å². The van der Waals surface area contributed by atoms with E-state index in [0.717, 1.165) is 18.6 Å². The summed E-state index contributed by atoms with van der Waals surface area (Å²) in [4.78, 5) is 27.2. The normalized spacial score (nSPS) is 11.2.